The van der Waals surface area contributed by atoms with Crippen molar-refractivity contribution >= 4 is 59.7 Å². The maximum absolute atomic E-state index is 5.18. The van der Waals surface area contributed by atoms with E-state index in [-0.39, 0.29) is 0 Å². The van der Waals surface area contributed by atoms with Gasteiger partial charge in [-0.2, -0.15) is 0 Å². The summed E-state index contributed by atoms with van der Waals surface area (Å²) in [5.41, 5.74) is 6.67. The summed E-state index contributed by atoms with van der Waals surface area (Å²) >= 11 is -0.477. The summed E-state index contributed by atoms with van der Waals surface area (Å²) in [6.07, 6.45) is 0. The molecule has 0 aliphatic carbocycles. The normalized spacial score (nSPS) is 11.6. The summed E-state index contributed by atoms with van der Waals surface area (Å²) in [4.78, 5) is 10.3. The van der Waals surface area contributed by atoms with E-state index < -0.39 is 20.4 Å². The van der Waals surface area contributed by atoms with Gasteiger partial charge in [-0.05, 0) is 0 Å². The minimum atomic E-state index is -0.477. The summed E-state index contributed by atoms with van der Waals surface area (Å²) < 4.78 is 3.05. The first kappa shape index (κ1) is 22.7. The summed E-state index contributed by atoms with van der Waals surface area (Å²) in [6, 6.07) is 47.7. The van der Waals surface area contributed by atoms with Crippen molar-refractivity contribution in [2.45, 2.75) is 0 Å². The molecular weight excluding hydrogens is 588 g/mol. The number of hydrogen-bond acceptors (Lipinski definition) is 2. The average Bonchev–Trinajstić information content (AvgIpc) is 3.39. The summed E-state index contributed by atoms with van der Waals surface area (Å²) in [6.45, 7) is 0. The number of nitrogens with zero attached hydrogens (tertiary/aromatic N) is 2. The Morgan fingerprint density at radius 1 is 0.462 bits per heavy atom. The van der Waals surface area contributed by atoms with Crippen molar-refractivity contribution in [3.63, 3.8) is 0 Å². The predicted molar refractivity (Wildman–Crippen MR) is 165 cm³/mol. The van der Waals surface area contributed by atoms with Gasteiger partial charge in [0.1, 0.15) is 0 Å². The van der Waals surface area contributed by atoms with E-state index >= 15 is 0 Å². The molecule has 0 saturated heterocycles. The third-order valence-electron chi connectivity index (χ3n) is 7.46. The number of rotatable bonds is 3. The van der Waals surface area contributed by atoms with Crippen LogP contribution in [0.25, 0.3) is 73.0 Å². The number of fused-ring (bicyclic) bond motifs is 5. The van der Waals surface area contributed by atoms with Crippen molar-refractivity contribution in [1.82, 2.24) is 9.97 Å². The zero-order chi connectivity index (χ0) is 25.8. The van der Waals surface area contributed by atoms with Gasteiger partial charge >= 0.3 is 237 Å². The zero-order valence-electron chi connectivity index (χ0n) is 21.0. The fourth-order valence-corrected chi connectivity index (χ4v) is 9.16. The summed E-state index contributed by atoms with van der Waals surface area (Å²) in [5.74, 6) is 0.756. The Bertz CT molecular complexity index is 2180. The number of para-hydroxylation sites is 1. The van der Waals surface area contributed by atoms with Crippen LogP contribution < -0.4 is 0 Å². The fraction of sp³-hybridized carbons (Fsp3) is 0. The zero-order valence-corrected chi connectivity index (χ0v) is 23.3. The standard InChI is InChI=1S/C36H22N2Te/c1-2-11-23(12-3-1)34-30-16-6-8-19-32(30)37-36(38-34)25-21-24-13-4-5-14-26(24)31(22-25)29-18-10-17-28-27-15-7-9-20-33(27)39-35(28)29/h1-22H. The second-order valence-corrected chi connectivity index (χ2v) is 12.8. The number of benzene rings is 6. The molecule has 0 atom stereocenters. The number of hydrogen-bond donors (Lipinski definition) is 0. The first-order valence-electron chi connectivity index (χ1n) is 13.1. The van der Waals surface area contributed by atoms with Crippen LogP contribution in [0.3, 0.4) is 0 Å². The van der Waals surface area contributed by atoms with Gasteiger partial charge in [0.25, 0.3) is 0 Å². The summed E-state index contributed by atoms with van der Waals surface area (Å²) in [7, 11) is 0. The molecule has 0 N–H and O–H groups in total. The van der Waals surface area contributed by atoms with Crippen LogP contribution in [0.4, 0.5) is 0 Å². The van der Waals surface area contributed by atoms with Gasteiger partial charge in [-0.25, -0.2) is 0 Å². The molecule has 3 heteroatoms. The van der Waals surface area contributed by atoms with E-state index in [1.807, 2.05) is 6.07 Å². The van der Waals surface area contributed by atoms with E-state index in [4.69, 9.17) is 9.97 Å². The summed E-state index contributed by atoms with van der Waals surface area (Å²) in [5, 5.41) is 6.34. The second kappa shape index (κ2) is 9.17. The molecule has 39 heavy (non-hydrogen) atoms. The average molecular weight is 610 g/mol. The van der Waals surface area contributed by atoms with E-state index in [0.29, 0.717) is 0 Å². The molecule has 8 rings (SSSR count). The van der Waals surface area contributed by atoms with Crippen molar-refractivity contribution in [1.29, 1.82) is 0 Å². The van der Waals surface area contributed by atoms with E-state index in [9.17, 15) is 0 Å². The first-order valence-corrected chi connectivity index (χ1v) is 15.4. The van der Waals surface area contributed by atoms with E-state index in [1.165, 1.54) is 39.5 Å². The molecule has 0 fully saturated rings. The molecule has 0 aliphatic heterocycles. The molecule has 2 nitrogen and oxygen atoms in total. The predicted octanol–water partition coefficient (Wildman–Crippen LogP) is 9.15. The van der Waals surface area contributed by atoms with Crippen molar-refractivity contribution in [2.24, 2.45) is 0 Å². The van der Waals surface area contributed by atoms with E-state index in [1.54, 1.807) is 0 Å². The fourth-order valence-electron chi connectivity index (χ4n) is 5.64. The van der Waals surface area contributed by atoms with Gasteiger partial charge in [0.15, 0.2) is 0 Å². The molecule has 0 unspecified atom stereocenters. The van der Waals surface area contributed by atoms with Gasteiger partial charge in [0.2, 0.25) is 0 Å². The topological polar surface area (TPSA) is 25.8 Å². The first-order chi connectivity index (χ1) is 19.3. The van der Waals surface area contributed by atoms with Crippen molar-refractivity contribution < 1.29 is 0 Å². The molecule has 0 bridgehead atoms. The van der Waals surface area contributed by atoms with Gasteiger partial charge < -0.3 is 0 Å². The van der Waals surface area contributed by atoms with Gasteiger partial charge in [0, 0.05) is 0 Å². The molecule has 0 spiro atoms. The molecule has 2 aromatic heterocycles. The third kappa shape index (κ3) is 3.78. The van der Waals surface area contributed by atoms with Gasteiger partial charge in [-0.3, -0.25) is 0 Å². The van der Waals surface area contributed by atoms with Crippen LogP contribution in [0.1, 0.15) is 0 Å². The van der Waals surface area contributed by atoms with Crippen LogP contribution >= 0.6 is 0 Å². The van der Waals surface area contributed by atoms with Gasteiger partial charge in [0.05, 0.1) is 0 Å². The molecule has 0 amide bonds. The molecule has 0 aliphatic rings. The quantitative estimate of drug-likeness (QED) is 0.187. The monoisotopic (exact) mass is 612 g/mol. The van der Waals surface area contributed by atoms with Crippen LogP contribution in [0.5, 0.6) is 0 Å². The van der Waals surface area contributed by atoms with Gasteiger partial charge in [-0.1, -0.05) is 0 Å². The Balaban J connectivity index is 1.42. The van der Waals surface area contributed by atoms with Crippen molar-refractivity contribution in [3.8, 4) is 33.8 Å². The third-order valence-corrected chi connectivity index (χ3v) is 10.9. The molecule has 8 aromatic rings. The Morgan fingerprint density at radius 3 is 2.08 bits per heavy atom. The van der Waals surface area contributed by atoms with Crippen LogP contribution in [0, 0.1) is 0 Å². The number of aromatic nitrogens is 2. The Labute approximate surface area is 235 Å². The van der Waals surface area contributed by atoms with E-state index in [2.05, 4.69) is 127 Å². The Morgan fingerprint density at radius 2 is 1.18 bits per heavy atom. The Hall–Kier alpha value is -4.29. The Kier molecular flexibility index (Phi) is 5.33. The molecular formula is C36H22N2Te. The second-order valence-electron chi connectivity index (χ2n) is 9.80. The maximum atomic E-state index is 5.18. The molecule has 0 saturated carbocycles. The van der Waals surface area contributed by atoms with Crippen LogP contribution in [-0.4, -0.2) is 30.4 Å². The van der Waals surface area contributed by atoms with Crippen LogP contribution in [0.2, 0.25) is 0 Å². The van der Waals surface area contributed by atoms with Crippen LogP contribution in [-0.2, 0) is 0 Å². The van der Waals surface area contributed by atoms with Crippen LogP contribution in [0.15, 0.2) is 133 Å². The molecule has 2 heterocycles. The SMILES string of the molecule is c1ccc(-c2nc(-c3cc(-c4cccc5c4[te]c4ccccc45)c4ccccc4c3)nc3ccccc23)cc1. The van der Waals surface area contributed by atoms with Crippen molar-refractivity contribution in [3.05, 3.63) is 133 Å². The molecule has 182 valence electrons. The van der Waals surface area contributed by atoms with Crippen molar-refractivity contribution in [2.75, 3.05) is 0 Å². The minimum absolute atomic E-state index is 0.477. The van der Waals surface area contributed by atoms with E-state index in [0.717, 1.165) is 33.5 Å². The van der Waals surface area contributed by atoms with Gasteiger partial charge in [-0.15, -0.1) is 0 Å². The molecule has 0 radical (unpaired) electrons. The molecule has 6 aromatic carbocycles.